The smallest absolute Gasteiger partial charge is 0.254 e. The molecule has 112 valence electrons. The number of ether oxygens (including phenoxy) is 2. The van der Waals surface area contributed by atoms with Crippen molar-refractivity contribution in [2.45, 2.75) is 25.9 Å². The molecule has 0 aliphatic carbocycles. The maximum atomic E-state index is 12.8. The second-order valence-electron chi connectivity index (χ2n) is 5.82. The van der Waals surface area contributed by atoms with Crippen LogP contribution in [0.5, 0.6) is 11.5 Å². The number of hydrogen-bond donors (Lipinski definition) is 0. The van der Waals surface area contributed by atoms with E-state index in [1.54, 1.807) is 12.1 Å². The van der Waals surface area contributed by atoms with Crippen LogP contribution in [0.25, 0.3) is 0 Å². The van der Waals surface area contributed by atoms with Gasteiger partial charge in [-0.15, -0.1) is 0 Å². The third-order valence-electron chi connectivity index (χ3n) is 4.39. The Hall–Kier alpha value is -2.49. The number of hydrogen-bond acceptors (Lipinski definition) is 3. The van der Waals surface area contributed by atoms with Crippen molar-refractivity contribution in [3.8, 4) is 11.5 Å². The highest BCUT2D eigenvalue weighted by molar-refractivity contribution is 5.95. The Labute approximate surface area is 129 Å². The maximum absolute atomic E-state index is 12.8. The van der Waals surface area contributed by atoms with E-state index < -0.39 is 0 Å². The van der Waals surface area contributed by atoms with Crippen molar-refractivity contribution < 1.29 is 14.3 Å². The minimum Gasteiger partial charge on any atom is -0.454 e. The highest BCUT2D eigenvalue weighted by Crippen LogP contribution is 2.33. The molecule has 0 radical (unpaired) electrons. The van der Waals surface area contributed by atoms with Crippen molar-refractivity contribution in [2.75, 3.05) is 6.79 Å². The van der Waals surface area contributed by atoms with Gasteiger partial charge >= 0.3 is 0 Å². The molecule has 0 spiro atoms. The molecule has 1 unspecified atom stereocenters. The van der Waals surface area contributed by atoms with E-state index in [1.807, 2.05) is 17.0 Å². The summed E-state index contributed by atoms with van der Waals surface area (Å²) in [5, 5.41) is 0. The van der Waals surface area contributed by atoms with E-state index in [9.17, 15) is 4.79 Å². The van der Waals surface area contributed by atoms with E-state index in [0.717, 1.165) is 6.42 Å². The minimum atomic E-state index is 0.0419. The zero-order chi connectivity index (χ0) is 15.1. The van der Waals surface area contributed by atoms with Crippen LogP contribution in [-0.2, 0) is 13.0 Å². The fourth-order valence-electron chi connectivity index (χ4n) is 3.15. The van der Waals surface area contributed by atoms with Gasteiger partial charge in [-0.2, -0.15) is 0 Å². The van der Waals surface area contributed by atoms with Gasteiger partial charge in [0.05, 0.1) is 0 Å². The van der Waals surface area contributed by atoms with E-state index in [0.29, 0.717) is 23.6 Å². The second kappa shape index (κ2) is 5.05. The Bertz CT molecular complexity index is 741. The van der Waals surface area contributed by atoms with Crippen LogP contribution < -0.4 is 9.47 Å². The third kappa shape index (κ3) is 2.11. The second-order valence-corrected chi connectivity index (χ2v) is 5.82. The molecule has 0 saturated carbocycles. The fourth-order valence-corrected chi connectivity index (χ4v) is 3.15. The van der Waals surface area contributed by atoms with Gasteiger partial charge in [-0.25, -0.2) is 0 Å². The Morgan fingerprint density at radius 3 is 2.73 bits per heavy atom. The van der Waals surface area contributed by atoms with Gasteiger partial charge in [0.2, 0.25) is 6.79 Å². The lowest BCUT2D eigenvalue weighted by molar-refractivity contribution is 0.0658. The monoisotopic (exact) mass is 295 g/mol. The standard InChI is InChI=1S/C18H17NO3/c1-12-8-13-4-2-3-5-15(13)10-19(12)18(20)14-6-7-16-17(9-14)22-11-21-16/h2-7,9,12H,8,10-11H2,1H3. The average molecular weight is 295 g/mol. The number of benzene rings is 2. The predicted molar refractivity (Wildman–Crippen MR) is 82.0 cm³/mol. The lowest BCUT2D eigenvalue weighted by atomic mass is 9.94. The number of amides is 1. The molecule has 0 fully saturated rings. The third-order valence-corrected chi connectivity index (χ3v) is 4.39. The number of rotatable bonds is 1. The molecule has 0 bridgehead atoms. The molecule has 0 N–H and O–H groups in total. The van der Waals surface area contributed by atoms with E-state index in [4.69, 9.17) is 9.47 Å². The Kier molecular flexibility index (Phi) is 3.03. The molecule has 2 aromatic rings. The molecule has 0 aromatic heterocycles. The lowest BCUT2D eigenvalue weighted by Crippen LogP contribution is -2.42. The summed E-state index contributed by atoms with van der Waals surface area (Å²) >= 11 is 0. The van der Waals surface area contributed by atoms with Gasteiger partial charge < -0.3 is 14.4 Å². The van der Waals surface area contributed by atoms with E-state index in [1.165, 1.54) is 11.1 Å². The molecule has 1 atom stereocenters. The number of carbonyl (C=O) groups excluding carboxylic acids is 1. The average Bonchev–Trinajstić information content (AvgIpc) is 3.01. The minimum absolute atomic E-state index is 0.0419. The van der Waals surface area contributed by atoms with Crippen LogP contribution in [-0.4, -0.2) is 23.6 Å². The molecule has 22 heavy (non-hydrogen) atoms. The van der Waals surface area contributed by atoms with Crippen LogP contribution in [0.1, 0.15) is 28.4 Å². The first kappa shape index (κ1) is 13.2. The molecule has 4 nitrogen and oxygen atoms in total. The molecule has 2 aliphatic rings. The lowest BCUT2D eigenvalue weighted by Gasteiger charge is -2.35. The SMILES string of the molecule is CC1Cc2ccccc2CN1C(=O)c1ccc2c(c1)OCO2. The molecule has 2 aromatic carbocycles. The summed E-state index contributed by atoms with van der Waals surface area (Å²) in [5.74, 6) is 1.39. The summed E-state index contributed by atoms with van der Waals surface area (Å²) in [7, 11) is 0. The zero-order valence-electron chi connectivity index (χ0n) is 12.4. The van der Waals surface area contributed by atoms with Gasteiger partial charge in [-0.1, -0.05) is 24.3 Å². The van der Waals surface area contributed by atoms with Gasteiger partial charge in [-0.05, 0) is 42.7 Å². The number of fused-ring (bicyclic) bond motifs is 2. The zero-order valence-corrected chi connectivity index (χ0v) is 12.4. The van der Waals surface area contributed by atoms with E-state index in [-0.39, 0.29) is 18.7 Å². The summed E-state index contributed by atoms with van der Waals surface area (Å²) in [6.07, 6.45) is 0.895. The van der Waals surface area contributed by atoms with Gasteiger partial charge in [-0.3, -0.25) is 4.79 Å². The van der Waals surface area contributed by atoms with Crippen LogP contribution >= 0.6 is 0 Å². The Morgan fingerprint density at radius 1 is 1.09 bits per heavy atom. The van der Waals surface area contributed by atoms with Crippen LogP contribution in [0.4, 0.5) is 0 Å². The van der Waals surface area contributed by atoms with Crippen molar-refractivity contribution in [3.63, 3.8) is 0 Å². The number of nitrogens with zero attached hydrogens (tertiary/aromatic N) is 1. The molecule has 0 saturated heterocycles. The highest BCUT2D eigenvalue weighted by Gasteiger charge is 2.28. The van der Waals surface area contributed by atoms with Crippen LogP contribution in [0.3, 0.4) is 0 Å². The maximum Gasteiger partial charge on any atom is 0.254 e. The normalized spacial score (nSPS) is 19.0. The first-order valence-corrected chi connectivity index (χ1v) is 7.50. The predicted octanol–water partition coefficient (Wildman–Crippen LogP) is 3.00. The largest absolute Gasteiger partial charge is 0.454 e. The molecule has 4 heteroatoms. The first-order valence-electron chi connectivity index (χ1n) is 7.50. The van der Waals surface area contributed by atoms with Crippen molar-refractivity contribution >= 4 is 5.91 Å². The molecule has 1 amide bonds. The summed E-state index contributed by atoms with van der Waals surface area (Å²) in [6, 6.07) is 13.9. The van der Waals surface area contributed by atoms with Gasteiger partial charge in [0, 0.05) is 18.2 Å². The molecular formula is C18H17NO3. The first-order chi connectivity index (χ1) is 10.7. The highest BCUT2D eigenvalue weighted by atomic mass is 16.7. The van der Waals surface area contributed by atoms with Gasteiger partial charge in [0.15, 0.2) is 11.5 Å². The summed E-state index contributed by atoms with van der Waals surface area (Å²) in [6.45, 7) is 2.98. The molecule has 2 heterocycles. The van der Waals surface area contributed by atoms with Crippen molar-refractivity contribution in [2.24, 2.45) is 0 Å². The van der Waals surface area contributed by atoms with Crippen molar-refractivity contribution in [1.82, 2.24) is 4.90 Å². The van der Waals surface area contributed by atoms with Gasteiger partial charge in [0.1, 0.15) is 0 Å². The molecule has 2 aliphatic heterocycles. The topological polar surface area (TPSA) is 38.8 Å². The van der Waals surface area contributed by atoms with E-state index >= 15 is 0 Å². The summed E-state index contributed by atoms with van der Waals surface area (Å²) < 4.78 is 10.7. The van der Waals surface area contributed by atoms with Crippen LogP contribution in [0, 0.1) is 0 Å². The summed E-state index contributed by atoms with van der Waals surface area (Å²) in [4.78, 5) is 14.8. The van der Waals surface area contributed by atoms with Crippen molar-refractivity contribution in [1.29, 1.82) is 0 Å². The van der Waals surface area contributed by atoms with Crippen LogP contribution in [0.2, 0.25) is 0 Å². The molecule has 4 rings (SSSR count). The van der Waals surface area contributed by atoms with Gasteiger partial charge in [0.25, 0.3) is 5.91 Å². The van der Waals surface area contributed by atoms with Crippen molar-refractivity contribution in [3.05, 3.63) is 59.2 Å². The van der Waals surface area contributed by atoms with Crippen LogP contribution in [0.15, 0.2) is 42.5 Å². The quantitative estimate of drug-likeness (QED) is 0.812. The summed E-state index contributed by atoms with van der Waals surface area (Å²) in [5.41, 5.74) is 3.22. The number of carbonyl (C=O) groups is 1. The Morgan fingerprint density at radius 2 is 1.86 bits per heavy atom. The Balaban J connectivity index is 1.63. The fraction of sp³-hybridized carbons (Fsp3) is 0.278. The molecular weight excluding hydrogens is 278 g/mol. The van der Waals surface area contributed by atoms with E-state index in [2.05, 4.69) is 25.1 Å².